The summed E-state index contributed by atoms with van der Waals surface area (Å²) in [5.74, 6) is 0. The number of pyridine rings is 2. The van der Waals surface area contributed by atoms with Gasteiger partial charge in [-0.05, 0) is 97.1 Å². The Bertz CT molecular complexity index is 3720. The predicted octanol–water partition coefficient (Wildman–Crippen LogP) is 13.2. The van der Waals surface area contributed by atoms with Crippen LogP contribution in [0.4, 0.5) is 17.1 Å². The molecule has 13 aromatic rings. The van der Waals surface area contributed by atoms with Crippen molar-refractivity contribution in [3.8, 4) is 11.4 Å². The topological polar surface area (TPSA) is 51.6 Å². The van der Waals surface area contributed by atoms with Gasteiger partial charge in [0.2, 0.25) is 0 Å². The second-order valence-corrected chi connectivity index (χ2v) is 16.0. The molecule has 290 valence electrons. The number of fused-ring (bicyclic) bond motifs is 10. The van der Waals surface area contributed by atoms with Crippen LogP contribution < -0.4 is 15.8 Å². The van der Waals surface area contributed by atoms with E-state index in [1.54, 1.807) is 0 Å². The van der Waals surface area contributed by atoms with E-state index in [9.17, 15) is 0 Å². The number of anilines is 3. The average molecular weight is 795 g/mol. The number of hydrogen-bond donors (Lipinski definition) is 0. The maximum Gasteiger partial charge on any atom is 0.197 e. The van der Waals surface area contributed by atoms with Gasteiger partial charge in [-0.2, -0.15) is 0 Å². The molecule has 0 aliphatic rings. The zero-order valence-corrected chi connectivity index (χ0v) is 33.2. The largest absolute Gasteiger partial charge is 0.310 e. The van der Waals surface area contributed by atoms with Gasteiger partial charge in [-0.15, -0.1) is 0 Å². The molecule has 0 radical (unpaired) electrons. The molecule has 4 aromatic heterocycles. The molecular formula is C56H34N4O2. The molecule has 0 aliphatic carbocycles. The van der Waals surface area contributed by atoms with Gasteiger partial charge in [0, 0.05) is 71.5 Å². The third-order valence-electron chi connectivity index (χ3n) is 12.7. The Hall–Kier alpha value is -8.48. The fourth-order valence-electron chi connectivity index (χ4n) is 10.1. The van der Waals surface area contributed by atoms with Crippen molar-refractivity contribution in [1.29, 1.82) is 0 Å². The van der Waals surface area contributed by atoms with Crippen LogP contribution in [0.15, 0.2) is 216 Å². The van der Waals surface area contributed by atoms with Crippen molar-refractivity contribution in [3.05, 3.63) is 227 Å². The molecule has 9 aromatic carbocycles. The van der Waals surface area contributed by atoms with Crippen LogP contribution in [-0.2, 0) is 0 Å². The summed E-state index contributed by atoms with van der Waals surface area (Å²) in [6, 6.07) is 70.1. The number of aromatic nitrogens is 3. The molecule has 0 bridgehead atoms. The Labute approximate surface area is 353 Å². The van der Waals surface area contributed by atoms with E-state index < -0.39 is 0 Å². The summed E-state index contributed by atoms with van der Waals surface area (Å²) in [6.07, 6.45) is 0. The highest BCUT2D eigenvalue weighted by Crippen LogP contribution is 2.40. The lowest BCUT2D eigenvalue weighted by molar-refractivity contribution is 1.18. The zero-order valence-electron chi connectivity index (χ0n) is 33.2. The lowest BCUT2D eigenvalue weighted by Gasteiger charge is -2.26. The lowest BCUT2D eigenvalue weighted by atomic mass is 10.0. The Kier molecular flexibility index (Phi) is 7.22. The molecule has 0 N–H and O–H groups in total. The zero-order chi connectivity index (χ0) is 41.1. The van der Waals surface area contributed by atoms with Crippen LogP contribution in [0.3, 0.4) is 0 Å². The van der Waals surface area contributed by atoms with Crippen molar-refractivity contribution in [2.24, 2.45) is 0 Å². The van der Waals surface area contributed by atoms with Crippen molar-refractivity contribution in [2.75, 3.05) is 4.90 Å². The van der Waals surface area contributed by atoms with Gasteiger partial charge >= 0.3 is 0 Å². The summed E-state index contributed by atoms with van der Waals surface area (Å²) in [7, 11) is 0. The highest BCUT2D eigenvalue weighted by Gasteiger charge is 2.23. The summed E-state index contributed by atoms with van der Waals surface area (Å²) in [4.78, 5) is 32.8. The van der Waals surface area contributed by atoms with Crippen LogP contribution >= 0.6 is 0 Å². The number of hydrogen-bond acceptors (Lipinski definition) is 3. The smallest absolute Gasteiger partial charge is 0.197 e. The molecule has 0 saturated carbocycles. The van der Waals surface area contributed by atoms with Crippen LogP contribution in [0.1, 0.15) is 0 Å². The first-order valence-electron chi connectivity index (χ1n) is 20.9. The van der Waals surface area contributed by atoms with Gasteiger partial charge in [-0.1, -0.05) is 109 Å². The van der Waals surface area contributed by atoms with Crippen LogP contribution in [0.5, 0.6) is 0 Å². The summed E-state index contributed by atoms with van der Waals surface area (Å²) in [6.45, 7) is 0. The van der Waals surface area contributed by atoms with E-state index in [2.05, 4.69) is 152 Å². The van der Waals surface area contributed by atoms with Crippen molar-refractivity contribution >= 4 is 98.8 Å². The first kappa shape index (κ1) is 34.4. The van der Waals surface area contributed by atoms with Gasteiger partial charge in [0.05, 0.1) is 38.6 Å². The number of rotatable bonds is 5. The third-order valence-corrected chi connectivity index (χ3v) is 12.7. The molecular weight excluding hydrogens is 761 g/mol. The lowest BCUT2D eigenvalue weighted by Crippen LogP contribution is -2.17. The molecule has 0 amide bonds. The first-order valence-corrected chi connectivity index (χ1v) is 20.9. The van der Waals surface area contributed by atoms with Crippen molar-refractivity contribution < 1.29 is 0 Å². The molecule has 0 aliphatic heterocycles. The second-order valence-electron chi connectivity index (χ2n) is 16.0. The van der Waals surface area contributed by atoms with Crippen LogP contribution in [0, 0.1) is 0 Å². The quantitative estimate of drug-likeness (QED) is 0.129. The molecule has 62 heavy (non-hydrogen) atoms. The Morgan fingerprint density at radius 1 is 0.290 bits per heavy atom. The Morgan fingerprint density at radius 2 is 0.645 bits per heavy atom. The first-order chi connectivity index (χ1) is 30.6. The standard InChI is InChI=1S/C56H34N4O2/c61-55-44-31-37(58-48-23-11-7-19-40(48)41-20-8-12-24-49(41)58)27-29-52(44)60-53-30-28-38(59-50-25-13-9-21-42(50)43-22-10-14-26-51(43)59)32-45(53)56(62)47-34-39(33-46(55)54(47)60)57(35-15-3-1-4-16-35)36-17-5-2-6-18-36/h1-34H. The highest BCUT2D eigenvalue weighted by atomic mass is 16.1. The van der Waals surface area contributed by atoms with Gasteiger partial charge < -0.3 is 18.4 Å². The van der Waals surface area contributed by atoms with Gasteiger partial charge in [-0.25, -0.2) is 0 Å². The minimum Gasteiger partial charge on any atom is -0.310 e. The summed E-state index contributed by atoms with van der Waals surface area (Å²) in [5, 5.41) is 6.69. The van der Waals surface area contributed by atoms with E-state index >= 15 is 9.59 Å². The van der Waals surface area contributed by atoms with E-state index in [-0.39, 0.29) is 10.9 Å². The summed E-state index contributed by atoms with van der Waals surface area (Å²) >= 11 is 0. The summed E-state index contributed by atoms with van der Waals surface area (Å²) < 4.78 is 6.63. The molecule has 0 unspecified atom stereocenters. The van der Waals surface area contributed by atoms with Crippen LogP contribution in [-0.4, -0.2) is 13.5 Å². The molecule has 0 saturated heterocycles. The van der Waals surface area contributed by atoms with Crippen LogP contribution in [0.2, 0.25) is 0 Å². The predicted molar refractivity (Wildman–Crippen MR) is 257 cm³/mol. The monoisotopic (exact) mass is 794 g/mol. The van der Waals surface area contributed by atoms with E-state index in [1.807, 2.05) is 72.8 Å². The fourth-order valence-corrected chi connectivity index (χ4v) is 10.1. The van der Waals surface area contributed by atoms with E-state index in [0.29, 0.717) is 27.1 Å². The molecule has 13 rings (SSSR count). The van der Waals surface area contributed by atoms with E-state index in [1.165, 1.54) is 0 Å². The average Bonchev–Trinajstić information content (AvgIpc) is 3.85. The van der Waals surface area contributed by atoms with E-state index in [0.717, 1.165) is 83.1 Å². The van der Waals surface area contributed by atoms with Crippen molar-refractivity contribution in [3.63, 3.8) is 0 Å². The molecule has 4 heterocycles. The van der Waals surface area contributed by atoms with Crippen LogP contribution in [0.25, 0.3) is 93.1 Å². The Morgan fingerprint density at radius 3 is 1.03 bits per heavy atom. The fraction of sp³-hybridized carbons (Fsp3) is 0. The molecule has 0 fully saturated rings. The Balaban J connectivity index is 1.17. The number of para-hydroxylation sites is 6. The van der Waals surface area contributed by atoms with Crippen molar-refractivity contribution in [1.82, 2.24) is 13.5 Å². The molecule has 0 atom stereocenters. The number of benzene rings is 9. The van der Waals surface area contributed by atoms with E-state index in [4.69, 9.17) is 0 Å². The second kappa shape index (κ2) is 13.0. The molecule has 6 nitrogen and oxygen atoms in total. The molecule has 6 heteroatoms. The SMILES string of the molecule is O=c1c2cc(-n3c4ccccc4c4ccccc43)ccc2n2c3ccc(-n4c5ccccc5c5ccccc54)cc3c(=O)c3cc(N(c4ccccc4)c4ccccc4)cc1c32. The minimum atomic E-state index is -0.129. The van der Waals surface area contributed by atoms with Gasteiger partial charge in [0.15, 0.2) is 10.9 Å². The van der Waals surface area contributed by atoms with Gasteiger partial charge in [0.1, 0.15) is 0 Å². The van der Waals surface area contributed by atoms with Gasteiger partial charge in [0.25, 0.3) is 0 Å². The van der Waals surface area contributed by atoms with Crippen molar-refractivity contribution in [2.45, 2.75) is 0 Å². The maximum absolute atomic E-state index is 15.4. The third kappa shape index (κ3) is 4.80. The minimum absolute atomic E-state index is 0.129. The normalized spacial score (nSPS) is 12.0. The maximum atomic E-state index is 15.4. The van der Waals surface area contributed by atoms with Gasteiger partial charge in [-0.3, -0.25) is 9.59 Å². The summed E-state index contributed by atoms with van der Waals surface area (Å²) in [5.41, 5.74) is 10.4. The molecule has 0 spiro atoms. The number of nitrogens with zero attached hydrogens (tertiary/aromatic N) is 4. The highest BCUT2D eigenvalue weighted by molar-refractivity contribution is 6.13.